The maximum Gasteiger partial charge on any atom is 0.339 e. The number of fused-ring (bicyclic) bond motifs is 1. The number of ether oxygens (including phenoxy) is 2. The number of nitrogens with one attached hydrogen (secondary N) is 2. The van der Waals surface area contributed by atoms with E-state index in [0.717, 1.165) is 5.39 Å². The third-order valence-corrected chi connectivity index (χ3v) is 3.58. The molecule has 0 aromatic heterocycles. The van der Waals surface area contributed by atoms with Crippen LogP contribution in [0.4, 0.5) is 4.79 Å². The highest BCUT2D eigenvalue weighted by Crippen LogP contribution is 2.28. The Hall–Kier alpha value is -3.09. The predicted molar refractivity (Wildman–Crippen MR) is 97.2 cm³/mol. The number of carbonyl (C=O) groups excluding carboxylic acids is 3. The van der Waals surface area contributed by atoms with Crippen LogP contribution < -0.4 is 15.4 Å². The van der Waals surface area contributed by atoms with Crippen molar-refractivity contribution in [3.05, 3.63) is 42.0 Å². The molecule has 26 heavy (non-hydrogen) atoms. The van der Waals surface area contributed by atoms with Gasteiger partial charge in [0, 0.05) is 11.9 Å². The molecule has 0 saturated heterocycles. The maximum atomic E-state index is 12.3. The topological polar surface area (TPSA) is 93.7 Å². The molecule has 0 aliphatic heterocycles. The molecule has 138 valence electrons. The third-order valence-electron chi connectivity index (χ3n) is 3.58. The van der Waals surface area contributed by atoms with Crippen LogP contribution in [0.5, 0.6) is 5.75 Å². The van der Waals surface area contributed by atoms with Crippen LogP contribution in [0.1, 0.15) is 24.2 Å². The molecule has 0 atom stereocenters. The Morgan fingerprint density at radius 2 is 1.73 bits per heavy atom. The van der Waals surface area contributed by atoms with Crippen molar-refractivity contribution in [3.8, 4) is 5.75 Å². The summed E-state index contributed by atoms with van der Waals surface area (Å²) in [5.41, 5.74) is 0.318. The van der Waals surface area contributed by atoms with E-state index in [9.17, 15) is 14.4 Å². The van der Waals surface area contributed by atoms with Gasteiger partial charge >= 0.3 is 12.0 Å². The Balaban J connectivity index is 1.99. The lowest BCUT2D eigenvalue weighted by molar-refractivity contribution is -0.123. The summed E-state index contributed by atoms with van der Waals surface area (Å²) in [6.07, 6.45) is 0. The zero-order chi connectivity index (χ0) is 19.1. The van der Waals surface area contributed by atoms with E-state index in [1.54, 1.807) is 31.4 Å². The minimum absolute atomic E-state index is 0.261. The summed E-state index contributed by atoms with van der Waals surface area (Å²) < 4.78 is 10.3. The van der Waals surface area contributed by atoms with Gasteiger partial charge in [0.15, 0.2) is 6.61 Å². The number of hydrogen-bond donors (Lipinski definition) is 2. The Kier molecular flexibility index (Phi) is 6.54. The van der Waals surface area contributed by atoms with Gasteiger partial charge in [-0.2, -0.15) is 0 Å². The van der Waals surface area contributed by atoms with Gasteiger partial charge in [0.2, 0.25) is 0 Å². The monoisotopic (exact) mass is 358 g/mol. The number of methoxy groups -OCH3 is 1. The van der Waals surface area contributed by atoms with Gasteiger partial charge in [-0.15, -0.1) is 0 Å². The second-order valence-corrected chi connectivity index (χ2v) is 6.09. The Labute approximate surface area is 151 Å². The highest BCUT2D eigenvalue weighted by Gasteiger charge is 2.16. The van der Waals surface area contributed by atoms with Gasteiger partial charge in [-0.3, -0.25) is 10.1 Å². The quantitative estimate of drug-likeness (QED) is 0.774. The fraction of sp³-hybridized carbons (Fsp3) is 0.316. The third kappa shape index (κ3) is 4.95. The molecule has 0 aliphatic rings. The SMILES string of the molecule is COc1ccc(C(=O)OCC(=O)NC(=O)NCC(C)C)c2ccccc12. The highest BCUT2D eigenvalue weighted by molar-refractivity contribution is 6.07. The Morgan fingerprint density at radius 1 is 1.04 bits per heavy atom. The number of esters is 1. The average molecular weight is 358 g/mol. The minimum atomic E-state index is -0.697. The van der Waals surface area contributed by atoms with Gasteiger partial charge in [-0.05, 0) is 23.4 Å². The molecule has 3 amide bonds. The van der Waals surface area contributed by atoms with Crippen molar-refractivity contribution in [2.24, 2.45) is 5.92 Å². The molecule has 0 saturated carbocycles. The van der Waals surface area contributed by atoms with Crippen LogP contribution in [0.15, 0.2) is 36.4 Å². The van der Waals surface area contributed by atoms with Crippen molar-refractivity contribution >= 4 is 28.7 Å². The zero-order valence-electron chi connectivity index (χ0n) is 15.0. The lowest BCUT2D eigenvalue weighted by Gasteiger charge is -2.11. The smallest absolute Gasteiger partial charge is 0.339 e. The van der Waals surface area contributed by atoms with Gasteiger partial charge in [-0.1, -0.05) is 38.1 Å². The van der Waals surface area contributed by atoms with Crippen molar-refractivity contribution < 1.29 is 23.9 Å². The van der Waals surface area contributed by atoms with Crippen molar-refractivity contribution in [3.63, 3.8) is 0 Å². The number of imide groups is 1. The summed E-state index contributed by atoms with van der Waals surface area (Å²) in [4.78, 5) is 35.6. The second-order valence-electron chi connectivity index (χ2n) is 6.09. The minimum Gasteiger partial charge on any atom is -0.496 e. The van der Waals surface area contributed by atoms with E-state index < -0.39 is 24.5 Å². The van der Waals surface area contributed by atoms with Crippen LogP contribution in [-0.4, -0.2) is 38.2 Å². The van der Waals surface area contributed by atoms with E-state index in [2.05, 4.69) is 10.6 Å². The molecule has 0 unspecified atom stereocenters. The Morgan fingerprint density at radius 3 is 2.38 bits per heavy atom. The first-order chi connectivity index (χ1) is 12.4. The molecule has 2 aromatic rings. The van der Waals surface area contributed by atoms with Crippen LogP contribution in [0.2, 0.25) is 0 Å². The van der Waals surface area contributed by atoms with Crippen molar-refractivity contribution in [2.45, 2.75) is 13.8 Å². The van der Waals surface area contributed by atoms with E-state index >= 15 is 0 Å². The van der Waals surface area contributed by atoms with Crippen molar-refractivity contribution in [1.29, 1.82) is 0 Å². The molecule has 2 N–H and O–H groups in total. The summed E-state index contributed by atoms with van der Waals surface area (Å²) in [6, 6.07) is 9.86. The van der Waals surface area contributed by atoms with E-state index in [0.29, 0.717) is 23.2 Å². The number of benzene rings is 2. The van der Waals surface area contributed by atoms with E-state index in [4.69, 9.17) is 9.47 Å². The predicted octanol–water partition coefficient (Wildman–Crippen LogP) is 2.49. The molecule has 0 fully saturated rings. The first-order valence-electron chi connectivity index (χ1n) is 8.23. The van der Waals surface area contributed by atoms with Crippen LogP contribution >= 0.6 is 0 Å². The number of amides is 3. The molecular formula is C19H22N2O5. The van der Waals surface area contributed by atoms with Crippen LogP contribution in [-0.2, 0) is 9.53 Å². The molecule has 2 aromatic carbocycles. The standard InChI is InChI=1S/C19H22N2O5/c1-12(2)10-20-19(24)21-17(22)11-26-18(23)15-8-9-16(25-3)14-7-5-4-6-13(14)15/h4-9,12H,10-11H2,1-3H3,(H2,20,21,22,24). The van der Waals surface area contributed by atoms with E-state index in [1.807, 2.05) is 26.0 Å². The van der Waals surface area contributed by atoms with Gasteiger partial charge in [-0.25, -0.2) is 9.59 Å². The zero-order valence-corrected chi connectivity index (χ0v) is 15.0. The first kappa shape index (κ1) is 19.2. The molecule has 0 heterocycles. The van der Waals surface area contributed by atoms with E-state index in [-0.39, 0.29) is 5.92 Å². The van der Waals surface area contributed by atoms with Gasteiger partial charge < -0.3 is 14.8 Å². The molecule has 0 radical (unpaired) electrons. The number of carbonyl (C=O) groups is 3. The van der Waals surface area contributed by atoms with Crippen LogP contribution in [0, 0.1) is 5.92 Å². The number of urea groups is 1. The lowest BCUT2D eigenvalue weighted by atomic mass is 10.0. The van der Waals surface area contributed by atoms with Crippen LogP contribution in [0.3, 0.4) is 0 Å². The van der Waals surface area contributed by atoms with Gasteiger partial charge in [0.25, 0.3) is 5.91 Å². The molecule has 0 aliphatic carbocycles. The van der Waals surface area contributed by atoms with Gasteiger partial charge in [0.1, 0.15) is 5.75 Å². The molecular weight excluding hydrogens is 336 g/mol. The molecule has 7 nitrogen and oxygen atoms in total. The van der Waals surface area contributed by atoms with Gasteiger partial charge in [0.05, 0.1) is 12.7 Å². The average Bonchev–Trinajstić information content (AvgIpc) is 2.63. The second kappa shape index (κ2) is 8.84. The van der Waals surface area contributed by atoms with Crippen LogP contribution in [0.25, 0.3) is 10.8 Å². The summed E-state index contributed by atoms with van der Waals surface area (Å²) in [6.45, 7) is 3.76. The molecule has 7 heteroatoms. The summed E-state index contributed by atoms with van der Waals surface area (Å²) >= 11 is 0. The fourth-order valence-electron chi connectivity index (χ4n) is 2.34. The molecule has 2 rings (SSSR count). The van der Waals surface area contributed by atoms with E-state index in [1.165, 1.54) is 0 Å². The maximum absolute atomic E-state index is 12.3. The first-order valence-corrected chi connectivity index (χ1v) is 8.23. The van der Waals surface area contributed by atoms with Crippen molar-refractivity contribution in [1.82, 2.24) is 10.6 Å². The summed E-state index contributed by atoms with van der Waals surface area (Å²) in [5, 5.41) is 6.08. The normalized spacial score (nSPS) is 10.5. The fourth-order valence-corrected chi connectivity index (χ4v) is 2.34. The molecule has 0 bridgehead atoms. The number of rotatable bonds is 6. The highest BCUT2D eigenvalue weighted by atomic mass is 16.5. The number of hydrogen-bond acceptors (Lipinski definition) is 5. The lowest BCUT2D eigenvalue weighted by Crippen LogP contribution is -2.42. The molecule has 0 spiro atoms. The largest absolute Gasteiger partial charge is 0.496 e. The Bertz CT molecular complexity index is 817. The summed E-state index contributed by atoms with van der Waals surface area (Å²) in [7, 11) is 1.55. The summed E-state index contributed by atoms with van der Waals surface area (Å²) in [5.74, 6) is -0.451. The van der Waals surface area contributed by atoms with Crippen molar-refractivity contribution in [2.75, 3.05) is 20.3 Å².